The molecule has 3 aromatic rings. The van der Waals surface area contributed by atoms with Crippen molar-refractivity contribution in [2.75, 3.05) is 31.7 Å². The van der Waals surface area contributed by atoms with E-state index in [9.17, 15) is 4.79 Å². The Morgan fingerprint density at radius 3 is 2.89 bits per heavy atom. The number of rotatable bonds is 10. The number of anilines is 1. The van der Waals surface area contributed by atoms with Gasteiger partial charge in [0, 0.05) is 49.7 Å². The first-order valence-corrected chi connectivity index (χ1v) is 9.82. The number of ether oxygens (including phenoxy) is 3. The molecule has 0 unspecified atom stereocenters. The van der Waals surface area contributed by atoms with E-state index in [1.165, 1.54) is 11.9 Å². The number of aromatic nitrogens is 2. The summed E-state index contributed by atoms with van der Waals surface area (Å²) in [6.07, 6.45) is 2.53. The number of nitrogens with zero attached hydrogens (tertiary/aromatic N) is 1. The molecule has 0 saturated carbocycles. The van der Waals surface area contributed by atoms with Crippen molar-refractivity contribution in [3.63, 3.8) is 0 Å². The summed E-state index contributed by atoms with van der Waals surface area (Å²) >= 11 is 1.38. The largest absolute Gasteiger partial charge is 0.493 e. The summed E-state index contributed by atoms with van der Waals surface area (Å²) < 4.78 is 19.3. The number of methoxy groups -OCH3 is 1. The van der Waals surface area contributed by atoms with E-state index >= 15 is 0 Å². The number of carbonyl (C=O) groups excluding carboxylic acids is 1. The van der Waals surface area contributed by atoms with Gasteiger partial charge in [-0.3, -0.25) is 0 Å². The van der Waals surface area contributed by atoms with E-state index in [1.54, 1.807) is 26.3 Å². The smallest absolute Gasteiger partial charge is 0.354 e. The molecule has 1 aromatic carbocycles. The van der Waals surface area contributed by atoms with Crippen LogP contribution in [0.3, 0.4) is 0 Å². The van der Waals surface area contributed by atoms with Crippen LogP contribution in [0.2, 0.25) is 0 Å². The maximum Gasteiger partial charge on any atom is 0.354 e. The van der Waals surface area contributed by atoms with E-state index < -0.39 is 0 Å². The van der Waals surface area contributed by atoms with Crippen molar-refractivity contribution in [2.45, 2.75) is 18.4 Å². The predicted octanol–water partition coefficient (Wildman–Crippen LogP) is 4.27. The second-order valence-corrected chi connectivity index (χ2v) is 6.73. The normalized spacial score (nSPS) is 10.8. The molecule has 0 fully saturated rings. The van der Waals surface area contributed by atoms with Crippen LogP contribution in [-0.4, -0.2) is 42.9 Å². The fourth-order valence-corrected chi connectivity index (χ4v) is 3.24. The van der Waals surface area contributed by atoms with Gasteiger partial charge in [0.2, 0.25) is 0 Å². The third-order valence-corrected chi connectivity index (χ3v) is 4.63. The first-order chi connectivity index (χ1) is 13.7. The second-order valence-electron chi connectivity index (χ2n) is 5.91. The van der Waals surface area contributed by atoms with Crippen molar-refractivity contribution < 1.29 is 19.0 Å². The van der Waals surface area contributed by atoms with Crippen LogP contribution < -0.4 is 9.46 Å². The molecule has 2 heterocycles. The molecular weight excluding hydrogens is 378 g/mol. The molecule has 3 rings (SSSR count). The van der Waals surface area contributed by atoms with Gasteiger partial charge in [-0.2, -0.15) is 0 Å². The standard InChI is InChI=1S/C20H23N3O4S/c1-3-26-20(24)17-12-14-11-15(27-10-6-9-25-2)13-16(19(14)22-17)23-28-18-7-4-5-8-21-18/h4-5,7-8,11-13,22-23H,3,6,9-10H2,1-2H3. The molecule has 0 aliphatic heterocycles. The van der Waals surface area contributed by atoms with Crippen LogP contribution in [0.25, 0.3) is 10.9 Å². The number of esters is 1. The third-order valence-electron chi connectivity index (χ3n) is 3.86. The molecule has 0 saturated heterocycles. The van der Waals surface area contributed by atoms with Crippen molar-refractivity contribution in [2.24, 2.45) is 0 Å². The van der Waals surface area contributed by atoms with Gasteiger partial charge in [0.15, 0.2) is 0 Å². The molecule has 0 amide bonds. The molecule has 8 heteroatoms. The number of hydrogen-bond donors (Lipinski definition) is 2. The molecule has 0 bridgehead atoms. The Morgan fingerprint density at radius 2 is 2.14 bits per heavy atom. The fourth-order valence-electron chi connectivity index (χ4n) is 2.61. The lowest BCUT2D eigenvalue weighted by atomic mass is 10.2. The van der Waals surface area contributed by atoms with Crippen LogP contribution in [0.1, 0.15) is 23.8 Å². The number of fused-ring (bicyclic) bond motifs is 1. The first kappa shape index (κ1) is 20.0. The van der Waals surface area contributed by atoms with Crippen molar-refractivity contribution in [3.8, 4) is 5.75 Å². The monoisotopic (exact) mass is 401 g/mol. The average Bonchev–Trinajstić information content (AvgIpc) is 3.15. The minimum Gasteiger partial charge on any atom is -0.493 e. The topological polar surface area (TPSA) is 85.5 Å². The van der Waals surface area contributed by atoms with Crippen LogP contribution in [0.4, 0.5) is 5.69 Å². The van der Waals surface area contributed by atoms with Gasteiger partial charge in [-0.15, -0.1) is 0 Å². The van der Waals surface area contributed by atoms with E-state index in [-0.39, 0.29) is 5.97 Å². The summed E-state index contributed by atoms with van der Waals surface area (Å²) in [7, 11) is 1.67. The highest BCUT2D eigenvalue weighted by Gasteiger charge is 2.14. The van der Waals surface area contributed by atoms with Crippen molar-refractivity contribution in [1.82, 2.24) is 9.97 Å². The van der Waals surface area contributed by atoms with Gasteiger partial charge in [-0.05, 0) is 31.2 Å². The highest BCUT2D eigenvalue weighted by molar-refractivity contribution is 8.00. The third kappa shape index (κ3) is 5.17. The Hall–Kier alpha value is -2.71. The number of pyridine rings is 1. The first-order valence-electron chi connectivity index (χ1n) is 9.00. The summed E-state index contributed by atoms with van der Waals surface area (Å²) in [4.78, 5) is 19.5. The van der Waals surface area contributed by atoms with Crippen LogP contribution in [0.5, 0.6) is 5.75 Å². The average molecular weight is 401 g/mol. The van der Waals surface area contributed by atoms with Gasteiger partial charge in [-0.25, -0.2) is 9.78 Å². The SMILES string of the molecule is CCOC(=O)c1cc2cc(OCCCOC)cc(NSc3ccccn3)c2[nH]1. The maximum absolute atomic E-state index is 12.1. The van der Waals surface area contributed by atoms with Gasteiger partial charge >= 0.3 is 5.97 Å². The fraction of sp³-hybridized carbons (Fsp3) is 0.300. The molecule has 2 aromatic heterocycles. The second kappa shape index (κ2) is 10.0. The van der Waals surface area contributed by atoms with E-state index in [0.717, 1.165) is 28.0 Å². The van der Waals surface area contributed by atoms with Crippen LogP contribution in [-0.2, 0) is 9.47 Å². The van der Waals surface area contributed by atoms with Gasteiger partial charge in [0.25, 0.3) is 0 Å². The van der Waals surface area contributed by atoms with Crippen molar-refractivity contribution in [1.29, 1.82) is 0 Å². The quantitative estimate of drug-likeness (QED) is 0.298. The highest BCUT2D eigenvalue weighted by atomic mass is 32.2. The van der Waals surface area contributed by atoms with Crippen molar-refractivity contribution in [3.05, 3.63) is 48.3 Å². The van der Waals surface area contributed by atoms with Gasteiger partial charge in [0.05, 0.1) is 24.4 Å². The van der Waals surface area contributed by atoms with E-state index in [4.69, 9.17) is 14.2 Å². The van der Waals surface area contributed by atoms with Gasteiger partial charge in [0.1, 0.15) is 16.5 Å². The maximum atomic E-state index is 12.1. The number of nitrogens with one attached hydrogen (secondary N) is 2. The Morgan fingerprint density at radius 1 is 1.25 bits per heavy atom. The summed E-state index contributed by atoms with van der Waals surface area (Å²) in [5.41, 5.74) is 2.00. The zero-order valence-corrected chi connectivity index (χ0v) is 16.7. The molecule has 28 heavy (non-hydrogen) atoms. The molecule has 148 valence electrons. The van der Waals surface area contributed by atoms with E-state index in [1.807, 2.05) is 30.3 Å². The Kier molecular flexibility index (Phi) is 7.16. The lowest BCUT2D eigenvalue weighted by Crippen LogP contribution is -2.04. The molecule has 0 atom stereocenters. The number of aromatic amines is 1. The van der Waals surface area contributed by atoms with Gasteiger partial charge < -0.3 is 23.9 Å². The van der Waals surface area contributed by atoms with Gasteiger partial charge in [-0.1, -0.05) is 6.07 Å². The molecule has 0 radical (unpaired) electrons. The molecule has 0 aliphatic carbocycles. The Bertz CT molecular complexity index is 914. The summed E-state index contributed by atoms with van der Waals surface area (Å²) in [6, 6.07) is 11.3. The summed E-state index contributed by atoms with van der Waals surface area (Å²) in [5, 5.41) is 1.69. The Balaban J connectivity index is 1.86. The van der Waals surface area contributed by atoms with Crippen LogP contribution in [0.15, 0.2) is 47.6 Å². The van der Waals surface area contributed by atoms with Crippen molar-refractivity contribution >= 4 is 34.5 Å². The predicted molar refractivity (Wildman–Crippen MR) is 110 cm³/mol. The Labute approximate surface area is 167 Å². The summed E-state index contributed by atoms with van der Waals surface area (Å²) in [6.45, 7) is 3.28. The minimum absolute atomic E-state index is 0.322. The zero-order valence-electron chi connectivity index (χ0n) is 15.9. The molecule has 7 nitrogen and oxygen atoms in total. The highest BCUT2D eigenvalue weighted by Crippen LogP contribution is 2.32. The minimum atomic E-state index is -0.385. The molecule has 0 spiro atoms. The molecule has 2 N–H and O–H groups in total. The van der Waals surface area contributed by atoms with Crippen LogP contribution in [0, 0.1) is 0 Å². The number of carbonyl (C=O) groups is 1. The molecule has 0 aliphatic rings. The number of H-pyrrole nitrogens is 1. The van der Waals surface area contributed by atoms with E-state index in [0.29, 0.717) is 31.3 Å². The van der Waals surface area contributed by atoms with E-state index in [2.05, 4.69) is 14.7 Å². The lowest BCUT2D eigenvalue weighted by Gasteiger charge is -2.11. The zero-order chi connectivity index (χ0) is 19.8. The van der Waals surface area contributed by atoms with Crippen LogP contribution >= 0.6 is 11.9 Å². The number of benzene rings is 1. The molecular formula is C20H23N3O4S. The summed E-state index contributed by atoms with van der Waals surface area (Å²) in [5.74, 6) is 0.326. The number of hydrogen-bond acceptors (Lipinski definition) is 7. The lowest BCUT2D eigenvalue weighted by molar-refractivity contribution is 0.0520.